The lowest BCUT2D eigenvalue weighted by atomic mass is 10.2. The van der Waals surface area contributed by atoms with Gasteiger partial charge in [-0.05, 0) is 26.1 Å². The van der Waals surface area contributed by atoms with Crippen LogP contribution in [0.3, 0.4) is 0 Å². The smallest absolute Gasteiger partial charge is 0.254 e. The summed E-state index contributed by atoms with van der Waals surface area (Å²) in [5.41, 5.74) is 0.0845. The van der Waals surface area contributed by atoms with Gasteiger partial charge in [-0.15, -0.1) is 0 Å². The van der Waals surface area contributed by atoms with Gasteiger partial charge in [-0.1, -0.05) is 11.6 Å². The summed E-state index contributed by atoms with van der Waals surface area (Å²) in [6.45, 7) is 1.74. The molecule has 0 aromatic carbocycles. The van der Waals surface area contributed by atoms with Crippen molar-refractivity contribution < 1.29 is 9.18 Å². The summed E-state index contributed by atoms with van der Waals surface area (Å²) >= 11 is 5.76. The van der Waals surface area contributed by atoms with Crippen molar-refractivity contribution in [1.82, 2.24) is 15.2 Å². The van der Waals surface area contributed by atoms with Crippen LogP contribution in [0.1, 0.15) is 16.8 Å². The topological polar surface area (TPSA) is 45.2 Å². The van der Waals surface area contributed by atoms with E-state index >= 15 is 0 Å². The monoisotopic (exact) mass is 257 g/mol. The maximum absolute atomic E-state index is 13.0. The fraction of sp³-hybridized carbons (Fsp3) is 0.455. The van der Waals surface area contributed by atoms with Gasteiger partial charge < -0.3 is 10.2 Å². The number of likely N-dealkylation sites (N-methyl/N-ethyl adjacent to an activating group) is 1. The number of hydrogen-bond donors (Lipinski definition) is 1. The number of nitrogens with zero attached hydrogens (tertiary/aromatic N) is 2. The first-order valence-electron chi connectivity index (χ1n) is 5.36. The first-order valence-corrected chi connectivity index (χ1v) is 5.74. The van der Waals surface area contributed by atoms with Crippen LogP contribution in [0.25, 0.3) is 0 Å². The van der Waals surface area contributed by atoms with E-state index < -0.39 is 5.82 Å². The third kappa shape index (κ3) is 2.92. The summed E-state index contributed by atoms with van der Waals surface area (Å²) in [6, 6.07) is 1.19. The predicted octanol–water partition coefficient (Wildman–Crippen LogP) is 1.31. The van der Waals surface area contributed by atoms with Crippen LogP contribution < -0.4 is 5.32 Å². The van der Waals surface area contributed by atoms with Gasteiger partial charge >= 0.3 is 0 Å². The van der Waals surface area contributed by atoms with E-state index in [1.54, 1.807) is 0 Å². The molecule has 0 saturated carbocycles. The number of carbonyl (C=O) groups is 1. The average Bonchev–Trinajstić information content (AvgIpc) is 2.67. The Hall–Kier alpha value is -1.20. The molecule has 0 radical (unpaired) electrons. The van der Waals surface area contributed by atoms with Crippen LogP contribution in [0.5, 0.6) is 0 Å². The van der Waals surface area contributed by atoms with Crippen LogP contribution in [0, 0.1) is 5.82 Å². The van der Waals surface area contributed by atoms with Crippen LogP contribution in [-0.2, 0) is 0 Å². The van der Waals surface area contributed by atoms with Gasteiger partial charge in [-0.25, -0.2) is 9.37 Å². The van der Waals surface area contributed by atoms with Gasteiger partial charge in [0.05, 0.1) is 11.8 Å². The van der Waals surface area contributed by atoms with E-state index in [0.29, 0.717) is 0 Å². The quantitative estimate of drug-likeness (QED) is 0.813. The van der Waals surface area contributed by atoms with Crippen LogP contribution >= 0.6 is 11.6 Å². The molecule has 92 valence electrons. The van der Waals surface area contributed by atoms with Crippen molar-refractivity contribution >= 4 is 17.5 Å². The first kappa shape index (κ1) is 12.3. The van der Waals surface area contributed by atoms with Crippen LogP contribution in [0.15, 0.2) is 12.3 Å². The van der Waals surface area contributed by atoms with Crippen molar-refractivity contribution in [2.75, 3.05) is 20.1 Å². The van der Waals surface area contributed by atoms with E-state index in [1.807, 2.05) is 7.05 Å². The Morgan fingerprint density at radius 1 is 1.71 bits per heavy atom. The van der Waals surface area contributed by atoms with Gasteiger partial charge in [0.25, 0.3) is 5.91 Å². The van der Waals surface area contributed by atoms with Gasteiger partial charge in [0, 0.05) is 12.6 Å². The molecule has 2 heterocycles. The number of carbonyl (C=O) groups excluding carboxylic acids is 1. The minimum Gasteiger partial charge on any atom is -0.348 e. The molecular weight excluding hydrogens is 245 g/mol. The number of halogens is 2. The number of pyridine rings is 1. The Morgan fingerprint density at radius 2 is 2.47 bits per heavy atom. The lowest BCUT2D eigenvalue weighted by molar-refractivity contribution is 0.0937. The molecule has 2 rings (SSSR count). The summed E-state index contributed by atoms with van der Waals surface area (Å²) in [6.07, 6.45) is 1.88. The number of amides is 1. The second kappa shape index (κ2) is 4.98. The molecule has 0 spiro atoms. The molecule has 1 aliphatic heterocycles. The second-order valence-electron chi connectivity index (χ2n) is 4.21. The van der Waals surface area contributed by atoms with Crippen molar-refractivity contribution in [3.63, 3.8) is 0 Å². The zero-order valence-corrected chi connectivity index (χ0v) is 10.2. The predicted molar refractivity (Wildman–Crippen MR) is 62.6 cm³/mol. The SMILES string of the molecule is CN1CCC(NC(=O)c2cc(F)cnc2Cl)C1. The Labute approximate surface area is 104 Å². The van der Waals surface area contributed by atoms with Crippen molar-refractivity contribution in [3.05, 3.63) is 28.8 Å². The summed E-state index contributed by atoms with van der Waals surface area (Å²) in [7, 11) is 1.99. The van der Waals surface area contributed by atoms with Gasteiger partial charge in [-0.2, -0.15) is 0 Å². The molecule has 6 heteroatoms. The molecule has 1 aliphatic rings. The molecule has 17 heavy (non-hydrogen) atoms. The normalized spacial score (nSPS) is 20.5. The van der Waals surface area contributed by atoms with Gasteiger partial charge in [0.1, 0.15) is 11.0 Å². The van der Waals surface area contributed by atoms with Gasteiger partial charge in [0.15, 0.2) is 0 Å². The highest BCUT2D eigenvalue weighted by Gasteiger charge is 2.22. The van der Waals surface area contributed by atoms with Crippen molar-refractivity contribution in [1.29, 1.82) is 0 Å². The van der Waals surface area contributed by atoms with Crippen molar-refractivity contribution in [2.45, 2.75) is 12.5 Å². The van der Waals surface area contributed by atoms with Crippen LogP contribution in [-0.4, -0.2) is 42.0 Å². The number of nitrogens with one attached hydrogen (secondary N) is 1. The number of aromatic nitrogens is 1. The maximum Gasteiger partial charge on any atom is 0.254 e. The minimum atomic E-state index is -0.567. The Balaban J connectivity index is 2.06. The largest absolute Gasteiger partial charge is 0.348 e. The minimum absolute atomic E-state index is 0.0234. The Bertz CT molecular complexity index is 441. The average molecular weight is 258 g/mol. The Kier molecular flexibility index (Phi) is 3.59. The third-order valence-electron chi connectivity index (χ3n) is 2.78. The van der Waals surface area contributed by atoms with E-state index in [-0.39, 0.29) is 22.7 Å². The van der Waals surface area contributed by atoms with Gasteiger partial charge in [0.2, 0.25) is 0 Å². The third-order valence-corrected chi connectivity index (χ3v) is 3.08. The lowest BCUT2D eigenvalue weighted by Gasteiger charge is -2.13. The molecule has 0 aliphatic carbocycles. The van der Waals surface area contributed by atoms with Crippen molar-refractivity contribution in [2.24, 2.45) is 0 Å². The summed E-state index contributed by atoms with van der Waals surface area (Å²) in [4.78, 5) is 17.6. The maximum atomic E-state index is 13.0. The van der Waals surface area contributed by atoms with E-state index in [1.165, 1.54) is 0 Å². The summed E-state index contributed by atoms with van der Waals surface area (Å²) in [5.74, 6) is -0.939. The number of hydrogen-bond acceptors (Lipinski definition) is 3. The fourth-order valence-corrected chi connectivity index (χ4v) is 2.09. The van der Waals surface area contributed by atoms with E-state index in [4.69, 9.17) is 11.6 Å². The standard InChI is InChI=1S/C11H13ClFN3O/c1-16-3-2-8(6-16)15-11(17)9-4-7(13)5-14-10(9)12/h4-5,8H,2-3,6H2,1H3,(H,15,17). The highest BCUT2D eigenvalue weighted by atomic mass is 35.5. The molecular formula is C11H13ClFN3O. The highest BCUT2D eigenvalue weighted by Crippen LogP contribution is 2.15. The molecule has 1 unspecified atom stereocenters. The first-order chi connectivity index (χ1) is 8.06. The summed E-state index contributed by atoms with van der Waals surface area (Å²) < 4.78 is 13.0. The molecule has 1 saturated heterocycles. The van der Waals surface area contributed by atoms with Crippen molar-refractivity contribution in [3.8, 4) is 0 Å². The summed E-state index contributed by atoms with van der Waals surface area (Å²) in [5, 5.41) is 2.85. The molecule has 1 aromatic heterocycles. The van der Waals surface area contributed by atoms with Crippen LogP contribution in [0.4, 0.5) is 4.39 Å². The molecule has 0 bridgehead atoms. The highest BCUT2D eigenvalue weighted by molar-refractivity contribution is 6.32. The molecule has 4 nitrogen and oxygen atoms in total. The molecule has 1 fully saturated rings. The number of rotatable bonds is 2. The van der Waals surface area contributed by atoms with E-state index in [9.17, 15) is 9.18 Å². The van der Waals surface area contributed by atoms with Gasteiger partial charge in [-0.3, -0.25) is 4.79 Å². The van der Waals surface area contributed by atoms with E-state index in [2.05, 4.69) is 15.2 Å². The number of likely N-dealkylation sites (tertiary alicyclic amines) is 1. The zero-order chi connectivity index (χ0) is 12.4. The second-order valence-corrected chi connectivity index (χ2v) is 4.57. The molecule has 1 N–H and O–H groups in total. The fourth-order valence-electron chi connectivity index (χ4n) is 1.90. The Morgan fingerprint density at radius 3 is 3.12 bits per heavy atom. The van der Waals surface area contributed by atoms with E-state index in [0.717, 1.165) is 31.8 Å². The van der Waals surface area contributed by atoms with Crippen LogP contribution in [0.2, 0.25) is 5.15 Å². The molecule has 1 atom stereocenters. The zero-order valence-electron chi connectivity index (χ0n) is 9.41. The lowest BCUT2D eigenvalue weighted by Crippen LogP contribution is -2.36. The molecule has 1 aromatic rings. The molecule has 1 amide bonds.